The van der Waals surface area contributed by atoms with Crippen LogP contribution in [0.2, 0.25) is 0 Å². The van der Waals surface area contributed by atoms with Crippen molar-refractivity contribution in [3.05, 3.63) is 0 Å². The summed E-state index contributed by atoms with van der Waals surface area (Å²) in [6, 6.07) is 0. The van der Waals surface area contributed by atoms with E-state index in [1.807, 2.05) is 27.7 Å². The van der Waals surface area contributed by atoms with E-state index in [1.54, 1.807) is 6.92 Å². The van der Waals surface area contributed by atoms with E-state index >= 15 is 0 Å². The molecule has 26 heavy (non-hydrogen) atoms. The summed E-state index contributed by atoms with van der Waals surface area (Å²) in [6.45, 7) is 9.87. The number of ether oxygens (including phenoxy) is 3. The summed E-state index contributed by atoms with van der Waals surface area (Å²) in [7, 11) is 0. The lowest BCUT2D eigenvalue weighted by Crippen LogP contribution is -2.38. The average molecular weight is 369 g/mol. The lowest BCUT2D eigenvalue weighted by Gasteiger charge is -2.30. The molecule has 2 rings (SSSR count). The second-order valence-corrected chi connectivity index (χ2v) is 9.12. The number of hydrogen-bond donors (Lipinski definition) is 0. The predicted molar refractivity (Wildman–Crippen MR) is 99.6 cm³/mol. The Balaban J connectivity index is 1.84. The zero-order chi connectivity index (χ0) is 19.3. The van der Waals surface area contributed by atoms with Gasteiger partial charge in [-0.2, -0.15) is 0 Å². The standard InChI is InChI=1S/C21H36O5/c1-14(12-18(22)26-21(3,4)5)20(23)25-15(2)19(17-8-6-7-9-17)24-13-16-10-11-16/h14-17,19H,6-13H2,1-5H3/t14-,15+,19+/m1/s1. The van der Waals surface area contributed by atoms with Crippen LogP contribution in [-0.2, 0) is 23.8 Å². The molecule has 3 atom stereocenters. The van der Waals surface area contributed by atoms with Crippen molar-refractivity contribution in [1.82, 2.24) is 0 Å². The largest absolute Gasteiger partial charge is 0.460 e. The van der Waals surface area contributed by atoms with Gasteiger partial charge in [0.2, 0.25) is 0 Å². The van der Waals surface area contributed by atoms with E-state index in [9.17, 15) is 9.59 Å². The minimum Gasteiger partial charge on any atom is -0.460 e. The number of esters is 2. The van der Waals surface area contributed by atoms with Crippen molar-refractivity contribution in [3.63, 3.8) is 0 Å². The molecular weight excluding hydrogens is 332 g/mol. The van der Waals surface area contributed by atoms with Crippen LogP contribution in [0.1, 0.15) is 79.6 Å². The van der Waals surface area contributed by atoms with Crippen LogP contribution < -0.4 is 0 Å². The van der Waals surface area contributed by atoms with Gasteiger partial charge in [-0.15, -0.1) is 0 Å². The molecular formula is C21H36O5. The van der Waals surface area contributed by atoms with Gasteiger partial charge >= 0.3 is 11.9 Å². The normalized spacial score (nSPS) is 21.9. The molecule has 0 amide bonds. The van der Waals surface area contributed by atoms with Gasteiger partial charge in [0, 0.05) is 6.61 Å². The number of rotatable bonds is 9. The molecule has 0 unspecified atom stereocenters. The van der Waals surface area contributed by atoms with E-state index in [0.717, 1.165) is 19.4 Å². The van der Waals surface area contributed by atoms with E-state index in [-0.39, 0.29) is 30.6 Å². The SMILES string of the molecule is C[C@H](CC(=O)OC(C)(C)C)C(=O)O[C@@H](C)[C@H](OCC1CC1)C1CCCC1. The Bertz CT molecular complexity index is 471. The molecule has 0 aromatic rings. The van der Waals surface area contributed by atoms with Crippen molar-refractivity contribution >= 4 is 11.9 Å². The van der Waals surface area contributed by atoms with Crippen molar-refractivity contribution in [1.29, 1.82) is 0 Å². The summed E-state index contributed by atoms with van der Waals surface area (Å²) in [5.41, 5.74) is -0.543. The van der Waals surface area contributed by atoms with Gasteiger partial charge in [-0.05, 0) is 65.2 Å². The first-order valence-electron chi connectivity index (χ1n) is 10.2. The zero-order valence-electron chi connectivity index (χ0n) is 17.1. The van der Waals surface area contributed by atoms with E-state index < -0.39 is 11.5 Å². The van der Waals surface area contributed by atoms with Crippen LogP contribution in [-0.4, -0.2) is 36.4 Å². The molecule has 0 bridgehead atoms. The van der Waals surface area contributed by atoms with E-state index in [4.69, 9.17) is 14.2 Å². The third kappa shape index (κ3) is 7.26. The van der Waals surface area contributed by atoms with Gasteiger partial charge < -0.3 is 14.2 Å². The molecule has 0 heterocycles. The summed E-state index contributed by atoms with van der Waals surface area (Å²) in [4.78, 5) is 24.4. The van der Waals surface area contributed by atoms with Crippen molar-refractivity contribution in [2.24, 2.45) is 17.8 Å². The fraction of sp³-hybridized carbons (Fsp3) is 0.905. The molecule has 2 aliphatic rings. The molecule has 150 valence electrons. The molecule has 0 saturated heterocycles. The maximum Gasteiger partial charge on any atom is 0.309 e. The quantitative estimate of drug-likeness (QED) is 0.569. The highest BCUT2D eigenvalue weighted by Crippen LogP contribution is 2.35. The van der Waals surface area contributed by atoms with Crippen LogP contribution in [0.4, 0.5) is 0 Å². The van der Waals surface area contributed by atoms with Gasteiger partial charge in [0.1, 0.15) is 11.7 Å². The molecule has 2 saturated carbocycles. The lowest BCUT2D eigenvalue weighted by molar-refractivity contribution is -0.169. The average Bonchev–Trinajstić information content (AvgIpc) is 3.18. The van der Waals surface area contributed by atoms with E-state index in [0.29, 0.717) is 11.8 Å². The molecule has 5 heteroatoms. The van der Waals surface area contributed by atoms with Crippen molar-refractivity contribution in [3.8, 4) is 0 Å². The lowest BCUT2D eigenvalue weighted by atomic mass is 9.96. The van der Waals surface area contributed by atoms with Gasteiger partial charge in [-0.3, -0.25) is 9.59 Å². The Morgan fingerprint density at radius 2 is 1.65 bits per heavy atom. The second-order valence-electron chi connectivity index (χ2n) is 9.12. The Morgan fingerprint density at radius 1 is 1.04 bits per heavy atom. The molecule has 2 fully saturated rings. The van der Waals surface area contributed by atoms with Crippen molar-refractivity contribution in [2.75, 3.05) is 6.61 Å². The third-order valence-corrected chi connectivity index (χ3v) is 5.15. The highest BCUT2D eigenvalue weighted by molar-refractivity contribution is 5.79. The van der Waals surface area contributed by atoms with Crippen LogP contribution in [0, 0.1) is 17.8 Å². The Morgan fingerprint density at radius 3 is 2.19 bits per heavy atom. The highest BCUT2D eigenvalue weighted by atomic mass is 16.6. The van der Waals surface area contributed by atoms with Gasteiger partial charge in [0.05, 0.1) is 18.4 Å². The van der Waals surface area contributed by atoms with Crippen LogP contribution >= 0.6 is 0 Å². The maximum absolute atomic E-state index is 12.4. The molecule has 0 aromatic carbocycles. The Hall–Kier alpha value is -1.10. The minimum atomic E-state index is -0.543. The summed E-state index contributed by atoms with van der Waals surface area (Å²) >= 11 is 0. The minimum absolute atomic E-state index is 0.0317. The molecule has 2 aliphatic carbocycles. The molecule has 0 aliphatic heterocycles. The first kappa shape index (κ1) is 21.2. The summed E-state index contributed by atoms with van der Waals surface area (Å²) in [6.07, 6.45) is 6.96. The molecule has 0 radical (unpaired) electrons. The molecule has 5 nitrogen and oxygen atoms in total. The van der Waals surface area contributed by atoms with E-state index in [1.165, 1.54) is 25.7 Å². The summed E-state index contributed by atoms with van der Waals surface area (Å²) in [5, 5.41) is 0. The van der Waals surface area contributed by atoms with Crippen LogP contribution in [0.25, 0.3) is 0 Å². The van der Waals surface area contributed by atoms with Gasteiger partial charge in [0.15, 0.2) is 0 Å². The molecule has 0 N–H and O–H groups in total. The van der Waals surface area contributed by atoms with Crippen molar-refractivity contribution in [2.45, 2.75) is 97.4 Å². The maximum atomic E-state index is 12.4. The van der Waals surface area contributed by atoms with Gasteiger partial charge in [-0.1, -0.05) is 19.8 Å². The van der Waals surface area contributed by atoms with Gasteiger partial charge in [-0.25, -0.2) is 0 Å². The highest BCUT2D eigenvalue weighted by Gasteiger charge is 2.35. The second kappa shape index (κ2) is 9.20. The predicted octanol–water partition coefficient (Wildman–Crippen LogP) is 4.27. The fourth-order valence-corrected chi connectivity index (χ4v) is 3.56. The van der Waals surface area contributed by atoms with Crippen LogP contribution in [0.5, 0.6) is 0 Å². The van der Waals surface area contributed by atoms with Crippen LogP contribution in [0.15, 0.2) is 0 Å². The monoisotopic (exact) mass is 368 g/mol. The molecule has 0 spiro atoms. The molecule has 0 aromatic heterocycles. The summed E-state index contributed by atoms with van der Waals surface area (Å²) in [5.74, 6) is -0.0705. The fourth-order valence-electron chi connectivity index (χ4n) is 3.56. The topological polar surface area (TPSA) is 61.8 Å². The third-order valence-electron chi connectivity index (χ3n) is 5.15. The van der Waals surface area contributed by atoms with Gasteiger partial charge in [0.25, 0.3) is 0 Å². The first-order chi connectivity index (χ1) is 12.2. The van der Waals surface area contributed by atoms with Crippen molar-refractivity contribution < 1.29 is 23.8 Å². The zero-order valence-corrected chi connectivity index (χ0v) is 17.1. The number of carbonyl (C=O) groups is 2. The number of carbonyl (C=O) groups excluding carboxylic acids is 2. The Labute approximate surface area is 158 Å². The summed E-state index contributed by atoms with van der Waals surface area (Å²) < 4.78 is 17.2. The van der Waals surface area contributed by atoms with E-state index in [2.05, 4.69) is 0 Å². The first-order valence-corrected chi connectivity index (χ1v) is 10.2. The van der Waals surface area contributed by atoms with Crippen LogP contribution in [0.3, 0.4) is 0 Å². The number of hydrogen-bond acceptors (Lipinski definition) is 5. The Kier molecular flexibility index (Phi) is 7.51. The smallest absolute Gasteiger partial charge is 0.309 e.